The first-order valence-electron chi connectivity index (χ1n) is 4.48. The molecule has 8 heteroatoms. The van der Waals surface area contributed by atoms with Crippen LogP contribution in [0.25, 0.3) is 0 Å². The number of aliphatic carboxylic acids is 1. The van der Waals surface area contributed by atoms with Gasteiger partial charge in [0.15, 0.2) is 6.10 Å². The van der Waals surface area contributed by atoms with Gasteiger partial charge in [0.2, 0.25) is 5.91 Å². The zero-order chi connectivity index (χ0) is 12.5. The van der Waals surface area contributed by atoms with Crippen molar-refractivity contribution in [2.75, 3.05) is 6.54 Å². The van der Waals surface area contributed by atoms with Gasteiger partial charge in [-0.3, -0.25) is 9.59 Å². The largest absolute Gasteiger partial charge is 0.481 e. The van der Waals surface area contributed by atoms with E-state index in [4.69, 9.17) is 10.2 Å². The fourth-order valence-corrected chi connectivity index (χ4v) is 1.20. The molecule has 1 rings (SSSR count). The van der Waals surface area contributed by atoms with Crippen molar-refractivity contribution in [2.45, 2.75) is 18.7 Å². The van der Waals surface area contributed by atoms with E-state index in [-0.39, 0.29) is 6.42 Å². The first kappa shape index (κ1) is 12.8. The number of nitrogens with one attached hydrogen (secondary N) is 1. The Morgan fingerprint density at radius 2 is 1.94 bits per heavy atom. The summed E-state index contributed by atoms with van der Waals surface area (Å²) in [5, 5.41) is 18.9. The van der Waals surface area contributed by atoms with Gasteiger partial charge in [0.1, 0.15) is 0 Å². The van der Waals surface area contributed by atoms with Crippen LogP contribution in [0.4, 0.5) is 13.2 Å². The molecule has 0 aromatic carbocycles. The Bertz CT molecular complexity index is 304. The number of aliphatic hydroxyl groups is 1. The molecule has 1 aliphatic carbocycles. The summed E-state index contributed by atoms with van der Waals surface area (Å²) in [5.41, 5.74) is 0. The second kappa shape index (κ2) is 4.28. The number of aliphatic hydroxyl groups excluding tert-OH is 1. The second-order valence-corrected chi connectivity index (χ2v) is 3.59. The standard InChI is InChI=1S/C8H10F3NO4/c9-8(10,11)5(13)2-12-6(14)3-1-4(3)7(15)16/h3-5,13H,1-2H2,(H,12,14)(H,15,16)/t3-,4+,5?/m1/s1. The normalized spacial score (nSPS) is 26.0. The molecule has 3 N–H and O–H groups in total. The Hall–Kier alpha value is -1.31. The van der Waals surface area contributed by atoms with Crippen LogP contribution in [0.5, 0.6) is 0 Å². The summed E-state index contributed by atoms with van der Waals surface area (Å²) < 4.78 is 35.5. The monoisotopic (exact) mass is 241 g/mol. The Balaban J connectivity index is 2.30. The lowest BCUT2D eigenvalue weighted by Gasteiger charge is -2.14. The first-order chi connectivity index (χ1) is 7.23. The quantitative estimate of drug-likeness (QED) is 0.633. The van der Waals surface area contributed by atoms with Crippen molar-refractivity contribution in [1.29, 1.82) is 0 Å². The smallest absolute Gasteiger partial charge is 0.416 e. The van der Waals surface area contributed by atoms with Crippen LogP contribution in [0.15, 0.2) is 0 Å². The summed E-state index contributed by atoms with van der Waals surface area (Å²) in [4.78, 5) is 21.5. The topological polar surface area (TPSA) is 86.6 Å². The fraction of sp³-hybridized carbons (Fsp3) is 0.750. The van der Waals surface area contributed by atoms with Gasteiger partial charge in [0, 0.05) is 0 Å². The lowest BCUT2D eigenvalue weighted by molar-refractivity contribution is -0.201. The Labute approximate surface area is 88.2 Å². The van der Waals surface area contributed by atoms with E-state index in [9.17, 15) is 22.8 Å². The van der Waals surface area contributed by atoms with E-state index in [0.717, 1.165) is 0 Å². The zero-order valence-corrected chi connectivity index (χ0v) is 7.99. The molecule has 0 aliphatic heterocycles. The van der Waals surface area contributed by atoms with Gasteiger partial charge < -0.3 is 15.5 Å². The second-order valence-electron chi connectivity index (χ2n) is 3.59. The minimum absolute atomic E-state index is 0.128. The number of hydrogen-bond acceptors (Lipinski definition) is 3. The molecule has 5 nitrogen and oxygen atoms in total. The minimum atomic E-state index is -4.79. The maximum absolute atomic E-state index is 11.8. The van der Waals surface area contributed by atoms with Crippen molar-refractivity contribution in [3.05, 3.63) is 0 Å². The van der Waals surface area contributed by atoms with Gasteiger partial charge in [-0.2, -0.15) is 13.2 Å². The molecular formula is C8H10F3NO4. The lowest BCUT2D eigenvalue weighted by atomic mass is 10.3. The first-order valence-corrected chi connectivity index (χ1v) is 4.48. The highest BCUT2D eigenvalue weighted by Gasteiger charge is 2.48. The van der Waals surface area contributed by atoms with Gasteiger partial charge >= 0.3 is 12.1 Å². The van der Waals surface area contributed by atoms with Crippen molar-refractivity contribution in [1.82, 2.24) is 5.32 Å². The number of carboxylic acids is 1. The third-order valence-electron chi connectivity index (χ3n) is 2.29. The van der Waals surface area contributed by atoms with Gasteiger partial charge in [-0.05, 0) is 6.42 Å². The summed E-state index contributed by atoms with van der Waals surface area (Å²) in [6.45, 7) is -0.953. The van der Waals surface area contributed by atoms with Crippen LogP contribution in [-0.2, 0) is 9.59 Å². The minimum Gasteiger partial charge on any atom is -0.481 e. The van der Waals surface area contributed by atoms with Gasteiger partial charge in [-0.25, -0.2) is 0 Å². The molecule has 16 heavy (non-hydrogen) atoms. The van der Waals surface area contributed by atoms with E-state index in [1.165, 1.54) is 0 Å². The molecule has 0 bridgehead atoms. The van der Waals surface area contributed by atoms with Crippen LogP contribution < -0.4 is 5.32 Å². The molecule has 1 fully saturated rings. The molecule has 1 saturated carbocycles. The van der Waals surface area contributed by atoms with Crippen molar-refractivity contribution >= 4 is 11.9 Å². The number of amides is 1. The number of rotatable bonds is 4. The molecule has 92 valence electrons. The van der Waals surface area contributed by atoms with Crippen molar-refractivity contribution < 1.29 is 33.0 Å². The van der Waals surface area contributed by atoms with Crippen LogP contribution in [0.1, 0.15) is 6.42 Å². The molecule has 0 spiro atoms. The van der Waals surface area contributed by atoms with E-state index in [0.29, 0.717) is 0 Å². The van der Waals surface area contributed by atoms with E-state index < -0.39 is 42.5 Å². The number of hydrogen-bond donors (Lipinski definition) is 3. The van der Waals surface area contributed by atoms with Crippen LogP contribution in [0.2, 0.25) is 0 Å². The molecular weight excluding hydrogens is 231 g/mol. The zero-order valence-electron chi connectivity index (χ0n) is 7.99. The third kappa shape index (κ3) is 3.09. The van der Waals surface area contributed by atoms with Crippen LogP contribution in [0, 0.1) is 11.8 Å². The predicted molar refractivity (Wildman–Crippen MR) is 44.3 cm³/mol. The maximum Gasteiger partial charge on any atom is 0.416 e. The average molecular weight is 241 g/mol. The van der Waals surface area contributed by atoms with Gasteiger partial charge in [0.05, 0.1) is 18.4 Å². The molecule has 0 aromatic heterocycles. The highest BCUT2D eigenvalue weighted by molar-refractivity contribution is 5.89. The van der Waals surface area contributed by atoms with E-state index in [1.807, 2.05) is 5.32 Å². The summed E-state index contributed by atoms with van der Waals surface area (Å²) in [6.07, 6.45) is -7.29. The average Bonchev–Trinajstić information content (AvgIpc) is 2.91. The molecule has 1 aliphatic rings. The number of halogens is 3. The highest BCUT2D eigenvalue weighted by Crippen LogP contribution is 2.38. The number of alkyl halides is 3. The van der Waals surface area contributed by atoms with E-state index in [2.05, 4.69) is 0 Å². The Morgan fingerprint density at radius 3 is 2.31 bits per heavy atom. The highest BCUT2D eigenvalue weighted by atomic mass is 19.4. The molecule has 0 heterocycles. The number of carboxylic acid groups (broad SMARTS) is 1. The summed E-state index contributed by atoms with van der Waals surface area (Å²) in [6, 6.07) is 0. The van der Waals surface area contributed by atoms with Gasteiger partial charge in [-0.15, -0.1) is 0 Å². The SMILES string of the molecule is O=C(O)[C@H]1C[C@H]1C(=O)NCC(O)C(F)(F)F. The Morgan fingerprint density at radius 1 is 1.38 bits per heavy atom. The van der Waals surface area contributed by atoms with Crippen molar-refractivity contribution in [3.63, 3.8) is 0 Å². The summed E-state index contributed by atoms with van der Waals surface area (Å²) >= 11 is 0. The van der Waals surface area contributed by atoms with Gasteiger partial charge in [-0.1, -0.05) is 0 Å². The third-order valence-corrected chi connectivity index (χ3v) is 2.29. The van der Waals surface area contributed by atoms with Crippen LogP contribution in [-0.4, -0.2) is 40.9 Å². The lowest BCUT2D eigenvalue weighted by Crippen LogP contribution is -2.41. The van der Waals surface area contributed by atoms with E-state index in [1.54, 1.807) is 0 Å². The molecule has 0 radical (unpaired) electrons. The Kier molecular flexibility index (Phi) is 3.41. The fourth-order valence-electron chi connectivity index (χ4n) is 1.20. The van der Waals surface area contributed by atoms with Crippen molar-refractivity contribution in [2.24, 2.45) is 11.8 Å². The number of carbonyl (C=O) groups excluding carboxylic acids is 1. The number of carbonyl (C=O) groups is 2. The molecule has 0 aromatic rings. The van der Waals surface area contributed by atoms with E-state index >= 15 is 0 Å². The molecule has 3 atom stereocenters. The van der Waals surface area contributed by atoms with Crippen LogP contribution >= 0.6 is 0 Å². The van der Waals surface area contributed by atoms with Gasteiger partial charge in [0.25, 0.3) is 0 Å². The molecule has 0 saturated heterocycles. The summed E-state index contributed by atoms with van der Waals surface area (Å²) in [5.74, 6) is -3.51. The maximum atomic E-state index is 11.8. The molecule has 1 amide bonds. The van der Waals surface area contributed by atoms with Crippen molar-refractivity contribution in [3.8, 4) is 0 Å². The molecule has 1 unspecified atom stereocenters. The predicted octanol–water partition coefficient (Wildman–Crippen LogP) is -0.253. The van der Waals surface area contributed by atoms with Crippen LogP contribution in [0.3, 0.4) is 0 Å². The summed E-state index contributed by atoms with van der Waals surface area (Å²) in [7, 11) is 0.